The quantitative estimate of drug-likeness (QED) is 0.533. The molecule has 0 aliphatic carbocycles. The van der Waals surface area contributed by atoms with Gasteiger partial charge < -0.3 is 21.1 Å². The van der Waals surface area contributed by atoms with Gasteiger partial charge in [-0.2, -0.15) is 0 Å². The van der Waals surface area contributed by atoms with Crippen LogP contribution in [0.2, 0.25) is 0 Å². The smallest absolute Gasteiger partial charge is 0.338 e. The lowest BCUT2D eigenvalue weighted by Crippen LogP contribution is -2.46. The second-order valence-corrected chi connectivity index (χ2v) is 8.29. The Hall–Kier alpha value is -2.46. The molecule has 0 heterocycles. The van der Waals surface area contributed by atoms with E-state index in [-0.39, 0.29) is 35.2 Å². The fourth-order valence-electron chi connectivity index (χ4n) is 2.01. The second kappa shape index (κ2) is 9.47. The predicted octanol–water partition coefficient (Wildman–Crippen LogP) is 0.305. The SMILES string of the molecule is CCOC(=O)c1cc(NC(=O)CNC(=O)[C@@H](N)C(C)C)cc(S(C)(=O)=O)c1. The van der Waals surface area contributed by atoms with Gasteiger partial charge in [0.25, 0.3) is 0 Å². The minimum absolute atomic E-state index is 0.0130. The van der Waals surface area contributed by atoms with Crippen molar-refractivity contribution in [2.45, 2.75) is 31.7 Å². The molecular weight excluding hydrogens is 374 g/mol. The summed E-state index contributed by atoms with van der Waals surface area (Å²) in [4.78, 5) is 35.6. The van der Waals surface area contributed by atoms with Crippen LogP contribution in [0.25, 0.3) is 0 Å². The molecule has 0 spiro atoms. The first-order valence-corrected chi connectivity index (χ1v) is 10.2. The maximum atomic E-state index is 12.0. The number of esters is 1. The van der Waals surface area contributed by atoms with Gasteiger partial charge in [-0.3, -0.25) is 9.59 Å². The van der Waals surface area contributed by atoms with Gasteiger partial charge in [0.2, 0.25) is 11.8 Å². The molecule has 10 heteroatoms. The number of carbonyl (C=O) groups is 3. The van der Waals surface area contributed by atoms with E-state index in [1.54, 1.807) is 20.8 Å². The third-order valence-corrected chi connectivity index (χ3v) is 4.67. The van der Waals surface area contributed by atoms with Crippen LogP contribution in [-0.4, -0.2) is 51.7 Å². The summed E-state index contributed by atoms with van der Waals surface area (Å²) in [5.74, 6) is -1.88. The van der Waals surface area contributed by atoms with E-state index < -0.39 is 33.7 Å². The van der Waals surface area contributed by atoms with Crippen molar-refractivity contribution in [3.63, 3.8) is 0 Å². The van der Waals surface area contributed by atoms with E-state index in [9.17, 15) is 22.8 Å². The Morgan fingerprint density at radius 2 is 1.81 bits per heavy atom. The molecule has 0 aliphatic heterocycles. The molecule has 0 fully saturated rings. The van der Waals surface area contributed by atoms with Crippen LogP contribution in [0.5, 0.6) is 0 Å². The Balaban J connectivity index is 2.95. The lowest BCUT2D eigenvalue weighted by atomic mass is 10.1. The Labute approximate surface area is 158 Å². The summed E-state index contributed by atoms with van der Waals surface area (Å²) >= 11 is 0. The highest BCUT2D eigenvalue weighted by atomic mass is 32.2. The van der Waals surface area contributed by atoms with E-state index in [0.717, 1.165) is 6.26 Å². The summed E-state index contributed by atoms with van der Waals surface area (Å²) in [6.45, 7) is 4.93. The monoisotopic (exact) mass is 399 g/mol. The molecule has 1 atom stereocenters. The predicted molar refractivity (Wildman–Crippen MR) is 100.0 cm³/mol. The van der Waals surface area contributed by atoms with E-state index in [4.69, 9.17) is 10.5 Å². The van der Waals surface area contributed by atoms with E-state index >= 15 is 0 Å². The minimum Gasteiger partial charge on any atom is -0.462 e. The molecule has 0 bridgehead atoms. The first-order chi connectivity index (χ1) is 12.5. The van der Waals surface area contributed by atoms with Crippen molar-refractivity contribution in [3.8, 4) is 0 Å². The van der Waals surface area contributed by atoms with Crippen molar-refractivity contribution in [2.24, 2.45) is 11.7 Å². The fraction of sp³-hybridized carbons (Fsp3) is 0.471. The number of hydrogen-bond donors (Lipinski definition) is 3. The maximum absolute atomic E-state index is 12.0. The van der Waals surface area contributed by atoms with Crippen LogP contribution >= 0.6 is 0 Å². The molecule has 4 N–H and O–H groups in total. The zero-order chi connectivity index (χ0) is 20.8. The molecule has 0 unspecified atom stereocenters. The molecule has 27 heavy (non-hydrogen) atoms. The number of amides is 2. The lowest BCUT2D eigenvalue weighted by Gasteiger charge is -2.15. The molecule has 1 aromatic rings. The first-order valence-electron chi connectivity index (χ1n) is 8.31. The van der Waals surface area contributed by atoms with Gasteiger partial charge in [0.05, 0.1) is 29.7 Å². The number of sulfone groups is 1. The largest absolute Gasteiger partial charge is 0.462 e. The second-order valence-electron chi connectivity index (χ2n) is 6.27. The number of nitrogens with two attached hydrogens (primary N) is 1. The van der Waals surface area contributed by atoms with Gasteiger partial charge in [0.15, 0.2) is 9.84 Å². The average Bonchev–Trinajstić information content (AvgIpc) is 2.58. The molecule has 0 saturated heterocycles. The standard InChI is InChI=1S/C17H25N3O6S/c1-5-26-17(23)11-6-12(8-13(7-11)27(4,24)25)20-14(21)9-19-16(22)15(18)10(2)3/h6-8,10,15H,5,9,18H2,1-4H3,(H,19,22)(H,20,21)/t15-/m0/s1. The van der Waals surface area contributed by atoms with Crippen molar-refractivity contribution in [1.29, 1.82) is 0 Å². The van der Waals surface area contributed by atoms with Crippen LogP contribution in [0.15, 0.2) is 23.1 Å². The molecule has 2 amide bonds. The summed E-state index contributed by atoms with van der Waals surface area (Å²) in [6, 6.07) is 2.94. The van der Waals surface area contributed by atoms with Crippen LogP contribution in [0.1, 0.15) is 31.1 Å². The molecule has 1 aromatic carbocycles. The summed E-state index contributed by atoms with van der Waals surface area (Å²) < 4.78 is 28.5. The molecule has 0 saturated carbocycles. The average molecular weight is 399 g/mol. The number of carbonyl (C=O) groups excluding carboxylic acids is 3. The normalized spacial score (nSPS) is 12.4. The van der Waals surface area contributed by atoms with Crippen molar-refractivity contribution >= 4 is 33.3 Å². The zero-order valence-electron chi connectivity index (χ0n) is 15.7. The highest BCUT2D eigenvalue weighted by Gasteiger charge is 2.19. The highest BCUT2D eigenvalue weighted by molar-refractivity contribution is 7.90. The van der Waals surface area contributed by atoms with Crippen molar-refractivity contribution in [2.75, 3.05) is 24.7 Å². The number of rotatable bonds is 8. The third kappa shape index (κ3) is 6.99. The van der Waals surface area contributed by atoms with Gasteiger partial charge in [-0.25, -0.2) is 13.2 Å². The van der Waals surface area contributed by atoms with Crippen LogP contribution in [0.4, 0.5) is 5.69 Å². The van der Waals surface area contributed by atoms with Crippen LogP contribution in [-0.2, 0) is 24.2 Å². The third-order valence-electron chi connectivity index (χ3n) is 3.57. The van der Waals surface area contributed by atoms with Gasteiger partial charge in [0, 0.05) is 11.9 Å². The Morgan fingerprint density at radius 1 is 1.19 bits per heavy atom. The molecule has 1 rings (SSSR count). The van der Waals surface area contributed by atoms with E-state index in [0.29, 0.717) is 0 Å². The number of anilines is 1. The van der Waals surface area contributed by atoms with Gasteiger partial charge in [-0.15, -0.1) is 0 Å². The van der Waals surface area contributed by atoms with Crippen LogP contribution < -0.4 is 16.4 Å². The van der Waals surface area contributed by atoms with Crippen molar-refractivity contribution in [3.05, 3.63) is 23.8 Å². The molecule has 0 radical (unpaired) electrons. The zero-order valence-corrected chi connectivity index (χ0v) is 16.6. The van der Waals surface area contributed by atoms with Gasteiger partial charge in [-0.05, 0) is 31.0 Å². The molecule has 150 valence electrons. The molecule has 9 nitrogen and oxygen atoms in total. The fourth-order valence-corrected chi connectivity index (χ4v) is 2.69. The van der Waals surface area contributed by atoms with Crippen LogP contribution in [0, 0.1) is 5.92 Å². The van der Waals surface area contributed by atoms with E-state index in [2.05, 4.69) is 10.6 Å². The number of hydrogen-bond acceptors (Lipinski definition) is 7. The van der Waals surface area contributed by atoms with Crippen molar-refractivity contribution < 1.29 is 27.5 Å². The Bertz CT molecular complexity index is 820. The Kier molecular flexibility index (Phi) is 7.92. The number of nitrogens with one attached hydrogen (secondary N) is 2. The van der Waals surface area contributed by atoms with E-state index in [1.165, 1.54) is 18.2 Å². The maximum Gasteiger partial charge on any atom is 0.338 e. The highest BCUT2D eigenvalue weighted by Crippen LogP contribution is 2.20. The van der Waals surface area contributed by atoms with Gasteiger partial charge in [-0.1, -0.05) is 13.8 Å². The van der Waals surface area contributed by atoms with Crippen molar-refractivity contribution in [1.82, 2.24) is 5.32 Å². The summed E-state index contributed by atoms with van der Waals surface area (Å²) in [7, 11) is -3.62. The van der Waals surface area contributed by atoms with Crippen LogP contribution in [0.3, 0.4) is 0 Å². The van der Waals surface area contributed by atoms with E-state index in [1.807, 2.05) is 0 Å². The number of benzene rings is 1. The topological polar surface area (TPSA) is 145 Å². The summed E-state index contributed by atoms with van der Waals surface area (Å²) in [5.41, 5.74) is 5.76. The molecule has 0 aromatic heterocycles. The lowest BCUT2D eigenvalue weighted by molar-refractivity contribution is -0.125. The summed E-state index contributed by atoms with van der Waals surface area (Å²) in [5, 5.41) is 4.85. The minimum atomic E-state index is -3.62. The Morgan fingerprint density at radius 3 is 2.33 bits per heavy atom. The first kappa shape index (κ1) is 22.6. The summed E-state index contributed by atoms with van der Waals surface area (Å²) in [6.07, 6.45) is 0.983. The molecular formula is C17H25N3O6S. The van der Waals surface area contributed by atoms with Gasteiger partial charge >= 0.3 is 5.97 Å². The van der Waals surface area contributed by atoms with Gasteiger partial charge in [0.1, 0.15) is 0 Å². The molecule has 0 aliphatic rings. The number of ether oxygens (including phenoxy) is 1.